The van der Waals surface area contributed by atoms with Gasteiger partial charge in [0.05, 0.1) is 18.4 Å². The third-order valence-corrected chi connectivity index (χ3v) is 4.55. The van der Waals surface area contributed by atoms with E-state index >= 15 is 0 Å². The molecule has 124 valence electrons. The molecule has 1 saturated heterocycles. The molecule has 24 heavy (non-hydrogen) atoms. The number of likely N-dealkylation sites (tertiary alicyclic amines) is 1. The Bertz CT molecular complexity index is 742. The highest BCUT2D eigenvalue weighted by atomic mass is 15.4. The van der Waals surface area contributed by atoms with Crippen molar-refractivity contribution < 1.29 is 0 Å². The maximum atomic E-state index is 4.32. The Morgan fingerprint density at radius 2 is 2.00 bits per heavy atom. The fourth-order valence-electron chi connectivity index (χ4n) is 3.21. The number of nitrogens with one attached hydrogen (secondary N) is 1. The van der Waals surface area contributed by atoms with Crippen LogP contribution in [0.4, 0.5) is 0 Å². The van der Waals surface area contributed by atoms with E-state index in [0.29, 0.717) is 5.92 Å². The summed E-state index contributed by atoms with van der Waals surface area (Å²) in [7, 11) is 0. The van der Waals surface area contributed by atoms with Crippen molar-refractivity contribution in [2.24, 2.45) is 5.92 Å². The number of piperidine rings is 1. The van der Waals surface area contributed by atoms with Crippen LogP contribution in [0.5, 0.6) is 0 Å². The maximum absolute atomic E-state index is 4.32. The van der Waals surface area contributed by atoms with Gasteiger partial charge in [0.2, 0.25) is 0 Å². The fraction of sp³-hybridized carbons (Fsp3) is 0.412. The molecule has 7 heteroatoms. The molecule has 0 saturated carbocycles. The average Bonchev–Trinajstić information content (AvgIpc) is 3.29. The van der Waals surface area contributed by atoms with E-state index in [4.69, 9.17) is 0 Å². The standard InChI is InChI=1S/C17H21N7/c1-2-6-18-15(3-1)16-12-24(22-21-16)11-14-4-9-23(10-5-14)13-17-19-7-8-20-17/h1-3,6-8,12,14H,4-5,9-11,13H2,(H,19,20). The highest BCUT2D eigenvalue weighted by molar-refractivity contribution is 5.51. The lowest BCUT2D eigenvalue weighted by Crippen LogP contribution is -2.34. The van der Waals surface area contributed by atoms with Crippen molar-refractivity contribution in [2.75, 3.05) is 13.1 Å². The first-order chi connectivity index (χ1) is 11.9. The van der Waals surface area contributed by atoms with Crippen molar-refractivity contribution in [1.82, 2.24) is 34.8 Å². The van der Waals surface area contributed by atoms with Crippen LogP contribution in [0.2, 0.25) is 0 Å². The van der Waals surface area contributed by atoms with Crippen molar-refractivity contribution in [3.05, 3.63) is 48.8 Å². The zero-order valence-electron chi connectivity index (χ0n) is 13.5. The van der Waals surface area contributed by atoms with Gasteiger partial charge in [-0.1, -0.05) is 11.3 Å². The molecule has 1 aliphatic rings. The number of H-pyrrole nitrogens is 1. The number of hydrogen-bond donors (Lipinski definition) is 1. The van der Waals surface area contributed by atoms with Gasteiger partial charge in [0.15, 0.2) is 0 Å². The molecule has 0 aromatic carbocycles. The number of pyridine rings is 1. The van der Waals surface area contributed by atoms with Crippen molar-refractivity contribution in [1.29, 1.82) is 0 Å². The molecule has 0 spiro atoms. The first-order valence-electron chi connectivity index (χ1n) is 8.39. The van der Waals surface area contributed by atoms with Crippen LogP contribution in [0.3, 0.4) is 0 Å². The van der Waals surface area contributed by atoms with Gasteiger partial charge in [-0.2, -0.15) is 0 Å². The van der Waals surface area contributed by atoms with Gasteiger partial charge >= 0.3 is 0 Å². The Kier molecular flexibility index (Phi) is 4.33. The first kappa shape index (κ1) is 15.0. The number of hydrogen-bond acceptors (Lipinski definition) is 5. The molecule has 1 aliphatic heterocycles. The SMILES string of the molecule is c1ccc(-c2cn(CC3CCN(Cc4ncc[nH]4)CC3)nn2)nc1. The van der Waals surface area contributed by atoms with Crippen LogP contribution in [-0.2, 0) is 13.1 Å². The summed E-state index contributed by atoms with van der Waals surface area (Å²) < 4.78 is 1.96. The van der Waals surface area contributed by atoms with Gasteiger partial charge in [0.1, 0.15) is 11.5 Å². The summed E-state index contributed by atoms with van der Waals surface area (Å²) in [6.45, 7) is 4.04. The molecule has 3 aromatic rings. The van der Waals surface area contributed by atoms with Gasteiger partial charge in [0.25, 0.3) is 0 Å². The summed E-state index contributed by atoms with van der Waals surface area (Å²) in [6.07, 6.45) is 9.83. The van der Waals surface area contributed by atoms with Crippen molar-refractivity contribution in [3.63, 3.8) is 0 Å². The Balaban J connectivity index is 1.30. The predicted octanol–water partition coefficient (Wildman–Crippen LogP) is 1.98. The quantitative estimate of drug-likeness (QED) is 0.777. The van der Waals surface area contributed by atoms with Crippen molar-refractivity contribution in [3.8, 4) is 11.4 Å². The van der Waals surface area contributed by atoms with E-state index in [0.717, 1.165) is 43.4 Å². The molecule has 1 N–H and O–H groups in total. The van der Waals surface area contributed by atoms with Crippen LogP contribution < -0.4 is 0 Å². The third-order valence-electron chi connectivity index (χ3n) is 4.55. The van der Waals surface area contributed by atoms with E-state index in [1.54, 1.807) is 6.20 Å². The first-order valence-corrected chi connectivity index (χ1v) is 8.39. The number of imidazole rings is 1. The molecule has 0 bridgehead atoms. The Hall–Kier alpha value is -2.54. The second kappa shape index (κ2) is 6.92. The van der Waals surface area contributed by atoms with Gasteiger partial charge < -0.3 is 4.98 Å². The van der Waals surface area contributed by atoms with Crippen LogP contribution in [0.1, 0.15) is 18.7 Å². The monoisotopic (exact) mass is 323 g/mol. The summed E-state index contributed by atoms with van der Waals surface area (Å²) in [6, 6.07) is 5.84. The normalized spacial score (nSPS) is 16.5. The van der Waals surface area contributed by atoms with E-state index in [-0.39, 0.29) is 0 Å². The Morgan fingerprint density at radius 3 is 2.75 bits per heavy atom. The highest BCUT2D eigenvalue weighted by Gasteiger charge is 2.20. The molecule has 7 nitrogen and oxygen atoms in total. The van der Waals surface area contributed by atoms with Gasteiger partial charge in [-0.25, -0.2) is 4.98 Å². The lowest BCUT2D eigenvalue weighted by atomic mass is 9.97. The maximum Gasteiger partial charge on any atom is 0.131 e. The lowest BCUT2D eigenvalue weighted by Gasteiger charge is -2.31. The Labute approximate surface area is 140 Å². The number of nitrogens with zero attached hydrogens (tertiary/aromatic N) is 6. The molecule has 3 aromatic heterocycles. The molecular formula is C17H21N7. The zero-order valence-corrected chi connectivity index (χ0v) is 13.5. The van der Waals surface area contributed by atoms with E-state index in [1.807, 2.05) is 41.5 Å². The number of rotatable bonds is 5. The molecule has 0 atom stereocenters. The number of aromatic amines is 1. The van der Waals surface area contributed by atoms with Crippen molar-refractivity contribution in [2.45, 2.75) is 25.9 Å². The van der Waals surface area contributed by atoms with Crippen LogP contribution in [-0.4, -0.2) is 47.9 Å². The Morgan fingerprint density at radius 1 is 1.08 bits per heavy atom. The molecule has 0 aliphatic carbocycles. The summed E-state index contributed by atoms with van der Waals surface area (Å²) >= 11 is 0. The van der Waals surface area contributed by atoms with Gasteiger partial charge in [0, 0.05) is 25.1 Å². The minimum absolute atomic E-state index is 0.649. The largest absolute Gasteiger partial charge is 0.348 e. The van der Waals surface area contributed by atoms with Crippen LogP contribution >= 0.6 is 0 Å². The van der Waals surface area contributed by atoms with Gasteiger partial charge in [-0.3, -0.25) is 14.6 Å². The molecule has 4 heterocycles. The van der Waals surface area contributed by atoms with Crippen LogP contribution in [0.25, 0.3) is 11.4 Å². The van der Waals surface area contributed by atoms with Crippen LogP contribution in [0.15, 0.2) is 43.0 Å². The molecule has 0 unspecified atom stereocenters. The van der Waals surface area contributed by atoms with Gasteiger partial charge in [-0.05, 0) is 44.0 Å². The average molecular weight is 323 g/mol. The smallest absolute Gasteiger partial charge is 0.131 e. The molecule has 0 amide bonds. The van der Waals surface area contributed by atoms with Gasteiger partial charge in [-0.15, -0.1) is 5.10 Å². The summed E-state index contributed by atoms with van der Waals surface area (Å²) in [5.74, 6) is 1.70. The predicted molar refractivity (Wildman–Crippen MR) is 89.8 cm³/mol. The molecule has 4 rings (SSSR count). The molecule has 1 fully saturated rings. The highest BCUT2D eigenvalue weighted by Crippen LogP contribution is 2.20. The minimum Gasteiger partial charge on any atom is -0.348 e. The van der Waals surface area contributed by atoms with Crippen LogP contribution in [0, 0.1) is 5.92 Å². The molecule has 0 radical (unpaired) electrons. The lowest BCUT2D eigenvalue weighted by molar-refractivity contribution is 0.161. The molecular weight excluding hydrogens is 302 g/mol. The minimum atomic E-state index is 0.649. The van der Waals surface area contributed by atoms with E-state index < -0.39 is 0 Å². The fourth-order valence-corrected chi connectivity index (χ4v) is 3.21. The topological polar surface area (TPSA) is 75.5 Å². The third kappa shape index (κ3) is 3.51. The number of aromatic nitrogens is 6. The second-order valence-electron chi connectivity index (χ2n) is 6.30. The van der Waals surface area contributed by atoms with E-state index in [2.05, 4.69) is 30.2 Å². The van der Waals surface area contributed by atoms with E-state index in [1.165, 1.54) is 12.8 Å². The van der Waals surface area contributed by atoms with E-state index in [9.17, 15) is 0 Å². The summed E-state index contributed by atoms with van der Waals surface area (Å²) in [5.41, 5.74) is 1.71. The second-order valence-corrected chi connectivity index (χ2v) is 6.30. The summed E-state index contributed by atoms with van der Waals surface area (Å²) in [5, 5.41) is 8.51. The van der Waals surface area contributed by atoms with Crippen molar-refractivity contribution >= 4 is 0 Å². The zero-order chi connectivity index (χ0) is 16.2. The summed E-state index contributed by atoms with van der Waals surface area (Å²) in [4.78, 5) is 14.3.